The van der Waals surface area contributed by atoms with Crippen molar-refractivity contribution in [2.75, 3.05) is 32.7 Å². The molecule has 1 amide bonds. The van der Waals surface area contributed by atoms with Crippen molar-refractivity contribution in [2.24, 2.45) is 11.8 Å². The van der Waals surface area contributed by atoms with Gasteiger partial charge in [-0.15, -0.1) is 0 Å². The second-order valence-corrected chi connectivity index (χ2v) is 6.19. The summed E-state index contributed by atoms with van der Waals surface area (Å²) in [6.45, 7) is 9.04. The molecule has 0 aromatic rings. The Kier molecular flexibility index (Phi) is 5.01. The van der Waals surface area contributed by atoms with E-state index >= 15 is 0 Å². The zero-order chi connectivity index (χ0) is 13.0. The van der Waals surface area contributed by atoms with Gasteiger partial charge in [0.25, 0.3) is 0 Å². The minimum atomic E-state index is 0.189. The molecule has 0 bridgehead atoms. The van der Waals surface area contributed by atoms with Crippen LogP contribution in [0, 0.1) is 11.8 Å². The number of nitrogens with one attached hydrogen (secondary N) is 2. The summed E-state index contributed by atoms with van der Waals surface area (Å²) in [5.41, 5.74) is 0. The minimum Gasteiger partial charge on any atom is -0.355 e. The van der Waals surface area contributed by atoms with Crippen LogP contribution >= 0.6 is 0 Å². The van der Waals surface area contributed by atoms with Crippen LogP contribution in [0.1, 0.15) is 33.1 Å². The first kappa shape index (κ1) is 13.8. The largest absolute Gasteiger partial charge is 0.355 e. The highest BCUT2D eigenvalue weighted by atomic mass is 16.2. The van der Waals surface area contributed by atoms with Gasteiger partial charge in [0.1, 0.15) is 0 Å². The predicted octanol–water partition coefficient (Wildman–Crippen LogP) is 0.833. The molecule has 0 radical (unpaired) electrons. The Balaban J connectivity index is 1.66. The molecule has 2 fully saturated rings. The van der Waals surface area contributed by atoms with E-state index in [0.717, 1.165) is 38.5 Å². The number of rotatable bonds is 5. The van der Waals surface area contributed by atoms with Crippen molar-refractivity contribution >= 4 is 5.91 Å². The molecular weight excluding hydrogens is 226 g/mol. The molecule has 0 spiro atoms. The van der Waals surface area contributed by atoms with Gasteiger partial charge < -0.3 is 10.6 Å². The first-order valence-electron chi connectivity index (χ1n) is 7.37. The fraction of sp³-hybridized carbons (Fsp3) is 0.929. The molecule has 2 heterocycles. The monoisotopic (exact) mass is 253 g/mol. The number of hydrogen-bond donors (Lipinski definition) is 2. The highest BCUT2D eigenvalue weighted by molar-refractivity contribution is 5.78. The van der Waals surface area contributed by atoms with E-state index in [1.54, 1.807) is 0 Å². The summed E-state index contributed by atoms with van der Waals surface area (Å²) in [6, 6.07) is 0.627. The van der Waals surface area contributed by atoms with Gasteiger partial charge >= 0.3 is 0 Å². The Morgan fingerprint density at radius 1 is 1.44 bits per heavy atom. The van der Waals surface area contributed by atoms with Crippen LogP contribution in [-0.2, 0) is 4.79 Å². The molecule has 2 N–H and O–H groups in total. The fourth-order valence-corrected chi connectivity index (χ4v) is 3.02. The summed E-state index contributed by atoms with van der Waals surface area (Å²) < 4.78 is 0. The Labute approximate surface area is 110 Å². The fourth-order valence-electron chi connectivity index (χ4n) is 3.02. The lowest BCUT2D eigenvalue weighted by Crippen LogP contribution is -2.41. The van der Waals surface area contributed by atoms with Crippen molar-refractivity contribution in [3.63, 3.8) is 0 Å². The summed E-state index contributed by atoms with van der Waals surface area (Å²) in [5, 5.41) is 6.59. The van der Waals surface area contributed by atoms with Crippen molar-refractivity contribution in [3.05, 3.63) is 0 Å². The van der Waals surface area contributed by atoms with Crippen LogP contribution in [0.3, 0.4) is 0 Å². The smallest absolute Gasteiger partial charge is 0.234 e. The Morgan fingerprint density at radius 3 is 3.00 bits per heavy atom. The predicted molar refractivity (Wildman–Crippen MR) is 73.4 cm³/mol. The number of fused-ring (bicyclic) bond motifs is 1. The maximum absolute atomic E-state index is 11.8. The van der Waals surface area contributed by atoms with Crippen LogP contribution in [0.5, 0.6) is 0 Å². The van der Waals surface area contributed by atoms with E-state index in [9.17, 15) is 4.79 Å². The SMILES string of the molecule is CC(C)CCNC(=O)CN1CC2CCCNC2C1. The average molecular weight is 253 g/mol. The van der Waals surface area contributed by atoms with Gasteiger partial charge in [-0.25, -0.2) is 0 Å². The molecule has 2 aliphatic rings. The number of amides is 1. The third kappa shape index (κ3) is 3.95. The number of carbonyl (C=O) groups is 1. The molecule has 2 atom stereocenters. The summed E-state index contributed by atoms with van der Waals surface area (Å²) in [6.07, 6.45) is 3.68. The van der Waals surface area contributed by atoms with Gasteiger partial charge in [-0.2, -0.15) is 0 Å². The van der Waals surface area contributed by atoms with Gasteiger partial charge in [0, 0.05) is 25.7 Å². The normalized spacial score (nSPS) is 28.4. The summed E-state index contributed by atoms with van der Waals surface area (Å²) in [4.78, 5) is 14.1. The van der Waals surface area contributed by atoms with Crippen molar-refractivity contribution < 1.29 is 4.79 Å². The Bertz CT molecular complexity index is 266. The van der Waals surface area contributed by atoms with E-state index in [1.807, 2.05) is 0 Å². The van der Waals surface area contributed by atoms with Crippen LogP contribution in [0.15, 0.2) is 0 Å². The number of piperidine rings is 1. The first-order chi connectivity index (χ1) is 8.65. The molecule has 2 aliphatic heterocycles. The highest BCUT2D eigenvalue weighted by Crippen LogP contribution is 2.24. The van der Waals surface area contributed by atoms with E-state index in [1.165, 1.54) is 12.8 Å². The van der Waals surface area contributed by atoms with Crippen molar-refractivity contribution in [1.29, 1.82) is 0 Å². The summed E-state index contributed by atoms with van der Waals surface area (Å²) in [7, 11) is 0. The lowest BCUT2D eigenvalue weighted by molar-refractivity contribution is -0.122. The van der Waals surface area contributed by atoms with Crippen LogP contribution in [0.25, 0.3) is 0 Å². The van der Waals surface area contributed by atoms with E-state index in [2.05, 4.69) is 29.4 Å². The standard InChI is InChI=1S/C14H27N3O/c1-11(2)5-7-16-14(18)10-17-8-12-4-3-6-15-13(12)9-17/h11-13,15H,3-10H2,1-2H3,(H,16,18). The maximum Gasteiger partial charge on any atom is 0.234 e. The average Bonchev–Trinajstić information content (AvgIpc) is 2.70. The first-order valence-corrected chi connectivity index (χ1v) is 7.37. The molecule has 2 rings (SSSR count). The Hall–Kier alpha value is -0.610. The minimum absolute atomic E-state index is 0.189. The van der Waals surface area contributed by atoms with E-state index in [-0.39, 0.29) is 5.91 Å². The van der Waals surface area contributed by atoms with Crippen molar-refractivity contribution in [2.45, 2.75) is 39.2 Å². The lowest BCUT2D eigenvalue weighted by atomic mass is 9.94. The van der Waals surface area contributed by atoms with Gasteiger partial charge in [-0.05, 0) is 37.6 Å². The number of carbonyl (C=O) groups excluding carboxylic acids is 1. The molecule has 0 saturated carbocycles. The molecule has 18 heavy (non-hydrogen) atoms. The van der Waals surface area contributed by atoms with E-state index in [0.29, 0.717) is 18.5 Å². The van der Waals surface area contributed by atoms with E-state index in [4.69, 9.17) is 0 Å². The number of hydrogen-bond acceptors (Lipinski definition) is 3. The number of likely N-dealkylation sites (tertiary alicyclic amines) is 1. The van der Waals surface area contributed by atoms with E-state index < -0.39 is 0 Å². The van der Waals surface area contributed by atoms with Gasteiger partial charge in [0.15, 0.2) is 0 Å². The second-order valence-electron chi connectivity index (χ2n) is 6.19. The van der Waals surface area contributed by atoms with Gasteiger partial charge in [-0.1, -0.05) is 13.8 Å². The molecule has 0 aliphatic carbocycles. The topological polar surface area (TPSA) is 44.4 Å². The third-order valence-corrected chi connectivity index (χ3v) is 4.09. The number of nitrogens with zero attached hydrogens (tertiary/aromatic N) is 1. The van der Waals surface area contributed by atoms with Gasteiger partial charge in [0.05, 0.1) is 6.54 Å². The highest BCUT2D eigenvalue weighted by Gasteiger charge is 2.34. The van der Waals surface area contributed by atoms with Gasteiger partial charge in [0.2, 0.25) is 5.91 Å². The van der Waals surface area contributed by atoms with Crippen LogP contribution < -0.4 is 10.6 Å². The molecule has 2 unspecified atom stereocenters. The molecule has 0 aromatic heterocycles. The molecule has 0 aromatic carbocycles. The third-order valence-electron chi connectivity index (χ3n) is 4.09. The maximum atomic E-state index is 11.8. The quantitative estimate of drug-likeness (QED) is 0.763. The zero-order valence-corrected chi connectivity index (χ0v) is 11.7. The molecule has 104 valence electrons. The zero-order valence-electron chi connectivity index (χ0n) is 11.7. The molecule has 4 nitrogen and oxygen atoms in total. The van der Waals surface area contributed by atoms with Crippen molar-refractivity contribution in [3.8, 4) is 0 Å². The van der Waals surface area contributed by atoms with Crippen LogP contribution in [0.2, 0.25) is 0 Å². The van der Waals surface area contributed by atoms with Gasteiger partial charge in [-0.3, -0.25) is 9.69 Å². The molecule has 4 heteroatoms. The second kappa shape index (κ2) is 6.53. The van der Waals surface area contributed by atoms with Crippen LogP contribution in [-0.4, -0.2) is 49.6 Å². The van der Waals surface area contributed by atoms with Crippen LogP contribution in [0.4, 0.5) is 0 Å². The summed E-state index contributed by atoms with van der Waals surface area (Å²) >= 11 is 0. The molecular formula is C14H27N3O. The Morgan fingerprint density at radius 2 is 2.28 bits per heavy atom. The van der Waals surface area contributed by atoms with Crippen molar-refractivity contribution in [1.82, 2.24) is 15.5 Å². The lowest BCUT2D eigenvalue weighted by Gasteiger charge is -2.24. The summed E-state index contributed by atoms with van der Waals surface area (Å²) in [5.74, 6) is 1.61. The molecule has 2 saturated heterocycles.